The van der Waals surface area contributed by atoms with Gasteiger partial charge >= 0.3 is 0 Å². The molecule has 1 unspecified atom stereocenters. The summed E-state index contributed by atoms with van der Waals surface area (Å²) in [6.45, 7) is 2.01. The van der Waals surface area contributed by atoms with Gasteiger partial charge in [-0.1, -0.05) is 48.0 Å². The van der Waals surface area contributed by atoms with E-state index in [1.807, 2.05) is 30.3 Å². The molecule has 1 aromatic heterocycles. The van der Waals surface area contributed by atoms with Crippen molar-refractivity contribution in [1.82, 2.24) is 19.7 Å². The Bertz CT molecular complexity index is 944. The first kappa shape index (κ1) is 17.6. The molecule has 0 amide bonds. The van der Waals surface area contributed by atoms with Crippen LogP contribution in [-0.2, 0) is 16.6 Å². The molecule has 0 radical (unpaired) electrons. The Morgan fingerprint density at radius 3 is 2.48 bits per heavy atom. The van der Waals surface area contributed by atoms with Gasteiger partial charge in [-0.15, -0.1) is 0 Å². The molecule has 0 aliphatic rings. The summed E-state index contributed by atoms with van der Waals surface area (Å²) in [7, 11) is -3.77. The summed E-state index contributed by atoms with van der Waals surface area (Å²) in [5.74, 6) is 0. The van der Waals surface area contributed by atoms with Crippen LogP contribution in [0.1, 0.15) is 17.2 Å². The molecule has 0 fully saturated rings. The van der Waals surface area contributed by atoms with Gasteiger partial charge in [0, 0.05) is 5.02 Å². The Labute approximate surface area is 151 Å². The van der Waals surface area contributed by atoms with E-state index >= 15 is 0 Å². The molecule has 0 aliphatic heterocycles. The van der Waals surface area contributed by atoms with E-state index in [1.54, 1.807) is 31.5 Å². The highest BCUT2D eigenvalue weighted by Gasteiger charge is 2.24. The minimum absolute atomic E-state index is 0.161. The maximum atomic E-state index is 12.9. The van der Waals surface area contributed by atoms with E-state index in [9.17, 15) is 8.42 Å². The Morgan fingerprint density at radius 1 is 1.12 bits per heavy atom. The number of benzene rings is 2. The van der Waals surface area contributed by atoms with Crippen molar-refractivity contribution in [2.75, 3.05) is 0 Å². The lowest BCUT2D eigenvalue weighted by Crippen LogP contribution is -2.32. The number of rotatable bonds is 6. The largest absolute Gasteiger partial charge is 0.241 e. The number of halogens is 1. The summed E-state index contributed by atoms with van der Waals surface area (Å²) >= 11 is 5.98. The second-order valence-electron chi connectivity index (χ2n) is 5.58. The summed E-state index contributed by atoms with van der Waals surface area (Å²) < 4.78 is 28.5. The van der Waals surface area contributed by atoms with Crippen LogP contribution in [0, 0.1) is 6.92 Å². The van der Waals surface area contributed by atoms with Crippen molar-refractivity contribution in [2.24, 2.45) is 0 Å². The van der Waals surface area contributed by atoms with E-state index in [0.717, 1.165) is 5.56 Å². The van der Waals surface area contributed by atoms with Crippen LogP contribution < -0.4 is 4.72 Å². The quantitative estimate of drug-likeness (QED) is 0.717. The average Bonchev–Trinajstić information content (AvgIpc) is 3.10. The first-order chi connectivity index (χ1) is 12.0. The van der Waals surface area contributed by atoms with Gasteiger partial charge in [-0.05, 0) is 30.2 Å². The fourth-order valence-corrected chi connectivity index (χ4v) is 4.23. The standard InChI is InChI=1S/C17H17ClN4O2S/c1-13-7-8-15(18)11-17(13)25(23,24)21-16(12-22-19-9-10-20-22)14-5-3-2-4-6-14/h2-11,16,21H,12H2,1H3. The Kier molecular flexibility index (Phi) is 5.17. The van der Waals surface area contributed by atoms with Crippen molar-refractivity contribution < 1.29 is 8.42 Å². The Morgan fingerprint density at radius 2 is 1.80 bits per heavy atom. The monoisotopic (exact) mass is 376 g/mol. The topological polar surface area (TPSA) is 76.9 Å². The first-order valence-corrected chi connectivity index (χ1v) is 9.49. The molecule has 0 saturated heterocycles. The molecule has 0 saturated carbocycles. The van der Waals surface area contributed by atoms with Crippen molar-refractivity contribution in [1.29, 1.82) is 0 Å². The van der Waals surface area contributed by atoms with E-state index in [1.165, 1.54) is 10.9 Å². The molecule has 130 valence electrons. The molecule has 25 heavy (non-hydrogen) atoms. The molecule has 3 aromatic rings. The van der Waals surface area contributed by atoms with Crippen LogP contribution in [0.15, 0.2) is 65.8 Å². The molecule has 1 N–H and O–H groups in total. The van der Waals surface area contributed by atoms with Crippen LogP contribution in [0.4, 0.5) is 0 Å². The van der Waals surface area contributed by atoms with E-state index in [4.69, 9.17) is 11.6 Å². The van der Waals surface area contributed by atoms with Crippen molar-refractivity contribution in [3.05, 3.63) is 77.1 Å². The zero-order valence-electron chi connectivity index (χ0n) is 13.5. The van der Waals surface area contributed by atoms with Crippen LogP contribution in [-0.4, -0.2) is 23.4 Å². The Balaban J connectivity index is 1.95. The third kappa shape index (κ3) is 4.25. The van der Waals surface area contributed by atoms with E-state index in [-0.39, 0.29) is 11.4 Å². The second kappa shape index (κ2) is 7.35. The molecule has 1 heterocycles. The van der Waals surface area contributed by atoms with Gasteiger partial charge in [-0.25, -0.2) is 13.1 Å². The smallest absolute Gasteiger partial charge is 0.207 e. The van der Waals surface area contributed by atoms with Crippen molar-refractivity contribution in [3.63, 3.8) is 0 Å². The van der Waals surface area contributed by atoms with Crippen LogP contribution in [0.3, 0.4) is 0 Å². The number of hydrogen-bond acceptors (Lipinski definition) is 4. The SMILES string of the molecule is Cc1ccc(Cl)cc1S(=O)(=O)NC(Cn1nccn1)c1ccccc1. The van der Waals surface area contributed by atoms with Gasteiger partial charge < -0.3 is 0 Å². The Hall–Kier alpha value is -2.22. The fourth-order valence-electron chi connectivity index (χ4n) is 2.51. The van der Waals surface area contributed by atoms with Crippen molar-refractivity contribution >= 4 is 21.6 Å². The highest BCUT2D eigenvalue weighted by atomic mass is 35.5. The van der Waals surface area contributed by atoms with Crippen LogP contribution in [0.2, 0.25) is 5.02 Å². The van der Waals surface area contributed by atoms with Gasteiger partial charge in [0.2, 0.25) is 10.0 Å². The van der Waals surface area contributed by atoms with Gasteiger partial charge in [0.1, 0.15) is 0 Å². The average molecular weight is 377 g/mol. The highest BCUT2D eigenvalue weighted by Crippen LogP contribution is 2.23. The zero-order chi connectivity index (χ0) is 17.9. The maximum Gasteiger partial charge on any atom is 0.241 e. The molecule has 0 aliphatic carbocycles. The van der Waals surface area contributed by atoms with Crippen molar-refractivity contribution in [2.45, 2.75) is 24.4 Å². The van der Waals surface area contributed by atoms with E-state index in [0.29, 0.717) is 10.6 Å². The van der Waals surface area contributed by atoms with Gasteiger partial charge in [0.25, 0.3) is 0 Å². The van der Waals surface area contributed by atoms with Gasteiger partial charge in [-0.2, -0.15) is 15.0 Å². The number of nitrogens with one attached hydrogen (secondary N) is 1. The van der Waals surface area contributed by atoms with E-state index in [2.05, 4.69) is 14.9 Å². The third-order valence-electron chi connectivity index (χ3n) is 3.75. The summed E-state index contributed by atoms with van der Waals surface area (Å²) in [6, 6.07) is 13.6. The minimum Gasteiger partial charge on any atom is -0.207 e. The number of nitrogens with zero attached hydrogens (tertiary/aromatic N) is 3. The predicted octanol–water partition coefficient (Wildman–Crippen LogP) is 2.96. The van der Waals surface area contributed by atoms with Gasteiger partial charge in [-0.3, -0.25) is 0 Å². The van der Waals surface area contributed by atoms with Crippen LogP contribution in [0.25, 0.3) is 0 Å². The molecule has 3 rings (SSSR count). The minimum atomic E-state index is -3.77. The number of sulfonamides is 1. The van der Waals surface area contributed by atoms with Gasteiger partial charge in [0.05, 0.1) is 29.9 Å². The lowest BCUT2D eigenvalue weighted by Gasteiger charge is -2.19. The van der Waals surface area contributed by atoms with Crippen LogP contribution >= 0.6 is 11.6 Å². The summed E-state index contributed by atoms with van der Waals surface area (Å²) in [5, 5.41) is 8.50. The lowest BCUT2D eigenvalue weighted by atomic mass is 10.1. The molecule has 2 aromatic carbocycles. The van der Waals surface area contributed by atoms with Crippen LogP contribution in [0.5, 0.6) is 0 Å². The molecular formula is C17H17ClN4O2S. The molecule has 0 bridgehead atoms. The fraction of sp³-hybridized carbons (Fsp3) is 0.176. The molecular weight excluding hydrogens is 360 g/mol. The number of hydrogen-bond donors (Lipinski definition) is 1. The van der Waals surface area contributed by atoms with Crippen molar-refractivity contribution in [3.8, 4) is 0 Å². The number of aromatic nitrogens is 3. The zero-order valence-corrected chi connectivity index (χ0v) is 15.1. The van der Waals surface area contributed by atoms with Gasteiger partial charge in [0.15, 0.2) is 0 Å². The second-order valence-corrected chi connectivity index (χ2v) is 7.70. The summed E-state index contributed by atoms with van der Waals surface area (Å²) in [4.78, 5) is 1.61. The molecule has 6 nitrogen and oxygen atoms in total. The summed E-state index contributed by atoms with van der Waals surface area (Å²) in [6.07, 6.45) is 3.11. The molecule has 1 atom stereocenters. The normalized spacial score (nSPS) is 12.9. The lowest BCUT2D eigenvalue weighted by molar-refractivity contribution is 0.444. The highest BCUT2D eigenvalue weighted by molar-refractivity contribution is 7.89. The summed E-state index contributed by atoms with van der Waals surface area (Å²) in [5.41, 5.74) is 1.45. The van der Waals surface area contributed by atoms with E-state index < -0.39 is 16.1 Å². The number of aryl methyl sites for hydroxylation is 1. The first-order valence-electron chi connectivity index (χ1n) is 7.63. The molecule has 0 spiro atoms. The molecule has 8 heteroatoms. The third-order valence-corrected chi connectivity index (χ3v) is 5.60. The maximum absolute atomic E-state index is 12.9. The predicted molar refractivity (Wildman–Crippen MR) is 95.7 cm³/mol.